The van der Waals surface area contributed by atoms with Gasteiger partial charge in [0, 0.05) is 12.6 Å². The maximum Gasteiger partial charge on any atom is 0.240 e. The van der Waals surface area contributed by atoms with Crippen molar-refractivity contribution in [2.24, 2.45) is 11.7 Å². The predicted molar refractivity (Wildman–Crippen MR) is 87.8 cm³/mol. The summed E-state index contributed by atoms with van der Waals surface area (Å²) < 4.78 is 53.1. The minimum atomic E-state index is -3.72. The smallest absolute Gasteiger partial charge is 0.240 e. The number of hydrogen-bond acceptors (Lipinski definition) is 5. The molecule has 1 unspecified atom stereocenters. The van der Waals surface area contributed by atoms with Crippen LogP contribution in [0.25, 0.3) is 0 Å². The maximum absolute atomic E-state index is 12.5. The maximum atomic E-state index is 12.5. The number of rotatable bonds is 7. The second-order valence-electron chi connectivity index (χ2n) is 5.69. The van der Waals surface area contributed by atoms with Crippen LogP contribution in [0.3, 0.4) is 0 Å². The molecular formula is C14H23N3O4S2. The zero-order valence-electron chi connectivity index (χ0n) is 13.0. The highest BCUT2D eigenvalue weighted by Gasteiger charge is 2.28. The third-order valence-corrected chi connectivity index (χ3v) is 7.18. The molecule has 2 rings (SSSR count). The number of sulfonamides is 2. The van der Waals surface area contributed by atoms with Gasteiger partial charge < -0.3 is 5.73 Å². The van der Waals surface area contributed by atoms with Crippen molar-refractivity contribution in [3.63, 3.8) is 0 Å². The van der Waals surface area contributed by atoms with E-state index in [1.54, 1.807) is 0 Å². The molecule has 1 fully saturated rings. The van der Waals surface area contributed by atoms with E-state index in [1.165, 1.54) is 31.3 Å². The van der Waals surface area contributed by atoms with E-state index in [2.05, 4.69) is 9.44 Å². The van der Waals surface area contributed by atoms with Crippen molar-refractivity contribution in [3.8, 4) is 0 Å². The van der Waals surface area contributed by atoms with Crippen LogP contribution >= 0.6 is 0 Å². The van der Waals surface area contributed by atoms with E-state index in [1.807, 2.05) is 0 Å². The highest BCUT2D eigenvalue weighted by Crippen LogP contribution is 2.28. The molecule has 0 heterocycles. The summed E-state index contributed by atoms with van der Waals surface area (Å²) in [5, 5.41) is 0. The van der Waals surface area contributed by atoms with Crippen molar-refractivity contribution in [3.05, 3.63) is 24.3 Å². The highest BCUT2D eigenvalue weighted by molar-refractivity contribution is 7.90. The third-order valence-electron chi connectivity index (χ3n) is 4.24. The quantitative estimate of drug-likeness (QED) is 0.649. The highest BCUT2D eigenvalue weighted by atomic mass is 32.2. The topological polar surface area (TPSA) is 118 Å². The van der Waals surface area contributed by atoms with Crippen molar-refractivity contribution >= 4 is 20.0 Å². The van der Waals surface area contributed by atoms with Crippen LogP contribution in [0.5, 0.6) is 0 Å². The van der Waals surface area contributed by atoms with Gasteiger partial charge in [-0.05, 0) is 50.1 Å². The number of nitrogens with one attached hydrogen (secondary N) is 2. The molecule has 0 radical (unpaired) electrons. The standard InChI is InChI=1S/C14H23N3O4S2/c1-16-22(18,19)12-6-8-13(9-7-12)23(20,21)17-14(10-15)11-4-2-3-5-11/h6-9,11,14,16-17H,2-5,10,15H2,1H3. The number of hydrogen-bond donors (Lipinski definition) is 3. The summed E-state index contributed by atoms with van der Waals surface area (Å²) in [7, 11) is -6.01. The summed E-state index contributed by atoms with van der Waals surface area (Å²) in [5.41, 5.74) is 5.72. The zero-order valence-corrected chi connectivity index (χ0v) is 14.7. The molecule has 1 aliphatic rings. The summed E-state index contributed by atoms with van der Waals surface area (Å²) in [6, 6.07) is 4.83. The van der Waals surface area contributed by atoms with Crippen LogP contribution in [0.1, 0.15) is 25.7 Å². The van der Waals surface area contributed by atoms with Gasteiger partial charge in [-0.25, -0.2) is 26.3 Å². The molecule has 1 aromatic rings. The molecule has 1 aliphatic carbocycles. The Kier molecular flexibility index (Phi) is 5.79. The van der Waals surface area contributed by atoms with Crippen molar-refractivity contribution in [1.82, 2.24) is 9.44 Å². The summed E-state index contributed by atoms with van der Waals surface area (Å²) in [5.74, 6) is 0.263. The van der Waals surface area contributed by atoms with E-state index in [9.17, 15) is 16.8 Å². The van der Waals surface area contributed by atoms with Crippen molar-refractivity contribution in [2.75, 3.05) is 13.6 Å². The molecule has 0 aliphatic heterocycles. The molecule has 23 heavy (non-hydrogen) atoms. The average molecular weight is 361 g/mol. The Balaban J connectivity index is 2.18. The summed E-state index contributed by atoms with van der Waals surface area (Å²) in [4.78, 5) is 0.0501. The Labute approximate surface area is 137 Å². The molecule has 130 valence electrons. The first kappa shape index (κ1) is 18.3. The lowest BCUT2D eigenvalue weighted by Crippen LogP contribution is -2.44. The van der Waals surface area contributed by atoms with E-state index in [0.717, 1.165) is 25.7 Å². The summed E-state index contributed by atoms with van der Waals surface area (Å²) in [6.45, 7) is 0.246. The van der Waals surface area contributed by atoms with Crippen LogP contribution in [0.15, 0.2) is 34.1 Å². The molecule has 0 amide bonds. The molecular weight excluding hydrogens is 338 g/mol. The van der Waals surface area contributed by atoms with Crippen LogP contribution in [0.4, 0.5) is 0 Å². The van der Waals surface area contributed by atoms with Gasteiger partial charge in [-0.15, -0.1) is 0 Å². The normalized spacial score (nSPS) is 18.2. The van der Waals surface area contributed by atoms with Gasteiger partial charge in [-0.2, -0.15) is 0 Å². The lowest BCUT2D eigenvalue weighted by atomic mass is 9.99. The van der Waals surface area contributed by atoms with Gasteiger partial charge in [0.2, 0.25) is 20.0 Å². The lowest BCUT2D eigenvalue weighted by molar-refractivity contribution is 0.405. The Bertz CT molecular complexity index is 724. The molecule has 4 N–H and O–H groups in total. The van der Waals surface area contributed by atoms with Crippen LogP contribution < -0.4 is 15.2 Å². The fourth-order valence-corrected chi connectivity index (χ4v) is 4.93. The second-order valence-corrected chi connectivity index (χ2v) is 9.29. The first-order chi connectivity index (χ1) is 10.8. The van der Waals surface area contributed by atoms with Crippen LogP contribution in [0, 0.1) is 5.92 Å². The second kappa shape index (κ2) is 7.27. The van der Waals surface area contributed by atoms with Gasteiger partial charge in [-0.3, -0.25) is 0 Å². The Morgan fingerprint density at radius 3 is 1.96 bits per heavy atom. The van der Waals surface area contributed by atoms with Crippen LogP contribution in [0.2, 0.25) is 0 Å². The number of nitrogens with two attached hydrogens (primary N) is 1. The van der Waals surface area contributed by atoms with Crippen LogP contribution in [-0.4, -0.2) is 36.5 Å². The first-order valence-electron chi connectivity index (χ1n) is 7.56. The van der Waals surface area contributed by atoms with E-state index in [4.69, 9.17) is 5.73 Å². The van der Waals surface area contributed by atoms with E-state index in [0.29, 0.717) is 0 Å². The minimum absolute atomic E-state index is 0.0186. The Hall–Kier alpha value is -1.00. The molecule has 9 heteroatoms. The third kappa shape index (κ3) is 4.30. The Morgan fingerprint density at radius 1 is 1.04 bits per heavy atom. The molecule has 1 saturated carbocycles. The lowest BCUT2D eigenvalue weighted by Gasteiger charge is -2.23. The van der Waals surface area contributed by atoms with Crippen molar-refractivity contribution in [1.29, 1.82) is 0 Å². The van der Waals surface area contributed by atoms with Gasteiger partial charge >= 0.3 is 0 Å². The zero-order chi connectivity index (χ0) is 17.1. The minimum Gasteiger partial charge on any atom is -0.329 e. The molecule has 0 saturated heterocycles. The van der Waals surface area contributed by atoms with Gasteiger partial charge in [0.05, 0.1) is 9.79 Å². The Morgan fingerprint density at radius 2 is 1.52 bits per heavy atom. The monoisotopic (exact) mass is 361 g/mol. The molecule has 7 nitrogen and oxygen atoms in total. The summed E-state index contributed by atoms with van der Waals surface area (Å²) >= 11 is 0. The SMILES string of the molecule is CNS(=O)(=O)c1ccc(S(=O)(=O)NC(CN)C2CCCC2)cc1. The summed E-state index contributed by atoms with van der Waals surface area (Å²) in [6.07, 6.45) is 4.15. The largest absolute Gasteiger partial charge is 0.329 e. The molecule has 0 spiro atoms. The van der Waals surface area contributed by atoms with Gasteiger partial charge in [-0.1, -0.05) is 12.8 Å². The fraction of sp³-hybridized carbons (Fsp3) is 0.571. The van der Waals surface area contributed by atoms with E-state index < -0.39 is 20.0 Å². The number of benzene rings is 1. The molecule has 1 atom stereocenters. The average Bonchev–Trinajstić information content (AvgIpc) is 3.07. The van der Waals surface area contributed by atoms with Gasteiger partial charge in [0.25, 0.3) is 0 Å². The van der Waals surface area contributed by atoms with E-state index in [-0.39, 0.29) is 28.3 Å². The van der Waals surface area contributed by atoms with E-state index >= 15 is 0 Å². The molecule has 0 bridgehead atoms. The first-order valence-corrected chi connectivity index (χ1v) is 10.5. The van der Waals surface area contributed by atoms with Crippen molar-refractivity contribution in [2.45, 2.75) is 41.5 Å². The van der Waals surface area contributed by atoms with Gasteiger partial charge in [0.15, 0.2) is 0 Å². The van der Waals surface area contributed by atoms with Gasteiger partial charge in [0.1, 0.15) is 0 Å². The van der Waals surface area contributed by atoms with Crippen LogP contribution in [-0.2, 0) is 20.0 Å². The molecule has 1 aromatic carbocycles. The van der Waals surface area contributed by atoms with Crippen molar-refractivity contribution < 1.29 is 16.8 Å². The fourth-order valence-electron chi connectivity index (χ4n) is 2.88. The predicted octanol–water partition coefficient (Wildman–Crippen LogP) is 0.391. The molecule has 0 aromatic heterocycles.